The van der Waals surface area contributed by atoms with Crippen molar-refractivity contribution >= 4 is 0 Å². The van der Waals surface area contributed by atoms with E-state index in [0.29, 0.717) is 18.0 Å². The van der Waals surface area contributed by atoms with Crippen LogP contribution < -0.4 is 5.73 Å². The van der Waals surface area contributed by atoms with Crippen molar-refractivity contribution in [2.24, 2.45) is 11.7 Å². The minimum Gasteiger partial charge on any atom is -0.330 e. The summed E-state index contributed by atoms with van der Waals surface area (Å²) >= 11 is 0. The first-order valence-corrected chi connectivity index (χ1v) is 5.20. The van der Waals surface area contributed by atoms with Crippen LogP contribution in [-0.4, -0.2) is 6.54 Å². The number of hydrogen-bond acceptors (Lipinski definition) is 1. The second-order valence-corrected chi connectivity index (χ2v) is 4.13. The van der Waals surface area contributed by atoms with Gasteiger partial charge in [-0.3, -0.25) is 0 Å². The van der Waals surface area contributed by atoms with Crippen molar-refractivity contribution in [1.82, 2.24) is 0 Å². The first kappa shape index (κ1) is 12.1. The summed E-state index contributed by atoms with van der Waals surface area (Å²) in [5, 5.41) is 0. The van der Waals surface area contributed by atoms with E-state index in [1.54, 1.807) is 0 Å². The molecule has 0 spiro atoms. The summed E-state index contributed by atoms with van der Waals surface area (Å²) in [6.45, 7) is 4.59. The van der Waals surface area contributed by atoms with Crippen LogP contribution in [0.4, 0.5) is 8.78 Å². The van der Waals surface area contributed by atoms with E-state index in [1.807, 2.05) is 13.8 Å². The molecule has 1 aromatic carbocycles. The molecule has 0 bridgehead atoms. The average molecular weight is 213 g/mol. The van der Waals surface area contributed by atoms with Gasteiger partial charge in [-0.2, -0.15) is 0 Å². The molecule has 0 radical (unpaired) electrons. The maximum atomic E-state index is 13.0. The Bertz CT molecular complexity index is 303. The monoisotopic (exact) mass is 213 g/mol. The summed E-state index contributed by atoms with van der Waals surface area (Å²) in [4.78, 5) is 0. The van der Waals surface area contributed by atoms with Crippen molar-refractivity contribution in [3.05, 3.63) is 35.4 Å². The Morgan fingerprint density at radius 2 is 1.67 bits per heavy atom. The molecule has 0 heterocycles. The predicted octanol–water partition coefficient (Wildman–Crippen LogP) is 3.05. The number of hydrogen-bond donors (Lipinski definition) is 1. The van der Waals surface area contributed by atoms with Gasteiger partial charge in [0.2, 0.25) is 0 Å². The fourth-order valence-electron chi connectivity index (χ4n) is 1.85. The van der Waals surface area contributed by atoms with Gasteiger partial charge in [0.1, 0.15) is 11.6 Å². The van der Waals surface area contributed by atoms with Crippen LogP contribution in [0.3, 0.4) is 0 Å². The van der Waals surface area contributed by atoms with Crippen molar-refractivity contribution < 1.29 is 8.78 Å². The Hall–Kier alpha value is -0.960. The van der Waals surface area contributed by atoms with Crippen molar-refractivity contribution in [3.63, 3.8) is 0 Å². The zero-order chi connectivity index (χ0) is 11.4. The summed E-state index contributed by atoms with van der Waals surface area (Å²) in [7, 11) is 0. The Balaban J connectivity index is 2.99. The fraction of sp³-hybridized carbons (Fsp3) is 0.500. The van der Waals surface area contributed by atoms with Gasteiger partial charge in [0, 0.05) is 6.07 Å². The van der Waals surface area contributed by atoms with Crippen LogP contribution in [0.25, 0.3) is 0 Å². The molecule has 0 aliphatic heterocycles. The average Bonchev–Trinajstić information content (AvgIpc) is 2.11. The van der Waals surface area contributed by atoms with E-state index in [-0.39, 0.29) is 5.92 Å². The summed E-state index contributed by atoms with van der Waals surface area (Å²) in [5.74, 6) is -0.588. The summed E-state index contributed by atoms with van der Waals surface area (Å²) < 4.78 is 26.0. The molecule has 1 unspecified atom stereocenters. The summed E-state index contributed by atoms with van der Waals surface area (Å²) in [6.07, 6.45) is 0.751. The molecule has 3 heteroatoms. The van der Waals surface area contributed by atoms with Crippen molar-refractivity contribution in [3.8, 4) is 0 Å². The molecule has 1 aromatic rings. The Morgan fingerprint density at radius 1 is 1.13 bits per heavy atom. The molecule has 1 nitrogen and oxygen atoms in total. The molecule has 0 aromatic heterocycles. The lowest BCUT2D eigenvalue weighted by Crippen LogP contribution is -2.13. The Kier molecular flexibility index (Phi) is 4.21. The Labute approximate surface area is 89.3 Å². The first-order chi connectivity index (χ1) is 7.04. The lowest BCUT2D eigenvalue weighted by Gasteiger charge is -2.20. The van der Waals surface area contributed by atoms with Crippen molar-refractivity contribution in [1.29, 1.82) is 0 Å². The maximum Gasteiger partial charge on any atom is 0.126 e. The van der Waals surface area contributed by atoms with E-state index in [1.165, 1.54) is 12.1 Å². The molecule has 84 valence electrons. The molecular weight excluding hydrogens is 196 g/mol. The van der Waals surface area contributed by atoms with Gasteiger partial charge in [-0.15, -0.1) is 0 Å². The molecule has 0 aliphatic carbocycles. The highest BCUT2D eigenvalue weighted by molar-refractivity contribution is 5.22. The van der Waals surface area contributed by atoms with Crippen molar-refractivity contribution in [2.45, 2.75) is 26.2 Å². The lowest BCUT2D eigenvalue weighted by molar-refractivity contribution is 0.466. The van der Waals surface area contributed by atoms with E-state index in [4.69, 9.17) is 5.73 Å². The van der Waals surface area contributed by atoms with Crippen LogP contribution >= 0.6 is 0 Å². The molecule has 1 rings (SSSR count). The van der Waals surface area contributed by atoms with Gasteiger partial charge >= 0.3 is 0 Å². The summed E-state index contributed by atoms with van der Waals surface area (Å²) in [6, 6.07) is 3.68. The molecule has 2 N–H and O–H groups in total. The van der Waals surface area contributed by atoms with Gasteiger partial charge in [0.25, 0.3) is 0 Å². The van der Waals surface area contributed by atoms with Crippen LogP contribution in [0, 0.1) is 17.6 Å². The largest absolute Gasteiger partial charge is 0.330 e. The predicted molar refractivity (Wildman–Crippen MR) is 57.6 cm³/mol. The van der Waals surface area contributed by atoms with Crippen LogP contribution in [0.2, 0.25) is 0 Å². The number of nitrogens with two attached hydrogens (primary N) is 1. The van der Waals surface area contributed by atoms with E-state index >= 15 is 0 Å². The molecule has 0 fully saturated rings. The highest BCUT2D eigenvalue weighted by atomic mass is 19.1. The third kappa shape index (κ3) is 3.27. The quantitative estimate of drug-likeness (QED) is 0.817. The molecule has 15 heavy (non-hydrogen) atoms. The molecule has 0 saturated heterocycles. The third-order valence-corrected chi connectivity index (χ3v) is 2.60. The number of rotatable bonds is 4. The second kappa shape index (κ2) is 5.21. The minimum atomic E-state index is -0.521. The smallest absolute Gasteiger partial charge is 0.126 e. The molecule has 1 atom stereocenters. The zero-order valence-electron chi connectivity index (χ0n) is 9.13. The van der Waals surface area contributed by atoms with Crippen LogP contribution in [-0.2, 0) is 0 Å². The lowest BCUT2D eigenvalue weighted by atomic mass is 9.86. The van der Waals surface area contributed by atoms with Gasteiger partial charge < -0.3 is 5.73 Å². The number of halogens is 2. The van der Waals surface area contributed by atoms with Crippen LogP contribution in [0.15, 0.2) is 18.2 Å². The second-order valence-electron chi connectivity index (χ2n) is 4.13. The van der Waals surface area contributed by atoms with Crippen LogP contribution in [0.5, 0.6) is 0 Å². The normalized spacial score (nSPS) is 13.2. The zero-order valence-corrected chi connectivity index (χ0v) is 9.13. The molecular formula is C12H17F2N. The fourth-order valence-corrected chi connectivity index (χ4v) is 1.85. The maximum absolute atomic E-state index is 13.0. The van der Waals surface area contributed by atoms with E-state index in [0.717, 1.165) is 12.5 Å². The van der Waals surface area contributed by atoms with Gasteiger partial charge in [-0.05, 0) is 42.5 Å². The van der Waals surface area contributed by atoms with Gasteiger partial charge in [-0.1, -0.05) is 13.8 Å². The highest BCUT2D eigenvalue weighted by Gasteiger charge is 2.16. The SMILES string of the molecule is CC(C)C(CCN)c1cc(F)cc(F)c1. The Morgan fingerprint density at radius 3 is 2.07 bits per heavy atom. The standard InChI is InChI=1S/C12H17F2N/c1-8(2)12(3-4-15)9-5-10(13)7-11(14)6-9/h5-8,12H,3-4,15H2,1-2H3. The topological polar surface area (TPSA) is 26.0 Å². The van der Waals surface area contributed by atoms with Gasteiger partial charge in [-0.25, -0.2) is 8.78 Å². The van der Waals surface area contributed by atoms with Gasteiger partial charge in [0.05, 0.1) is 0 Å². The third-order valence-electron chi connectivity index (χ3n) is 2.60. The first-order valence-electron chi connectivity index (χ1n) is 5.20. The molecule has 0 saturated carbocycles. The van der Waals surface area contributed by atoms with Gasteiger partial charge in [0.15, 0.2) is 0 Å². The highest BCUT2D eigenvalue weighted by Crippen LogP contribution is 2.28. The van der Waals surface area contributed by atoms with Crippen molar-refractivity contribution in [2.75, 3.05) is 6.54 Å². The number of benzene rings is 1. The molecule has 0 aliphatic rings. The van der Waals surface area contributed by atoms with Crippen LogP contribution in [0.1, 0.15) is 31.7 Å². The van der Waals surface area contributed by atoms with E-state index in [2.05, 4.69) is 0 Å². The minimum absolute atomic E-state index is 0.125. The summed E-state index contributed by atoms with van der Waals surface area (Å²) in [5.41, 5.74) is 6.19. The van der Waals surface area contributed by atoms with E-state index < -0.39 is 11.6 Å². The van der Waals surface area contributed by atoms with E-state index in [9.17, 15) is 8.78 Å². The molecule has 0 amide bonds.